The number of halogens is 2. The fraction of sp³-hybridized carbons (Fsp3) is 0.545. The van der Waals surface area contributed by atoms with Crippen molar-refractivity contribution in [3.63, 3.8) is 0 Å². The number of nitrogens with zero attached hydrogens (tertiary/aromatic N) is 1. The van der Waals surface area contributed by atoms with Gasteiger partial charge >= 0.3 is 0 Å². The molecule has 0 atom stereocenters. The molecule has 0 aromatic carbocycles. The lowest BCUT2D eigenvalue weighted by Gasteiger charge is -2.19. The monoisotopic (exact) mass is 365 g/mol. The number of carbonyl (C=O) groups is 1. The maximum Gasteiger partial charge on any atom is 0.263 e. The Morgan fingerprint density at radius 3 is 2.69 bits per heavy atom. The van der Waals surface area contributed by atoms with Crippen LogP contribution in [0.5, 0.6) is 0 Å². The van der Waals surface area contributed by atoms with E-state index in [9.17, 15) is 4.79 Å². The summed E-state index contributed by atoms with van der Waals surface area (Å²) in [6, 6.07) is 1.90. The summed E-state index contributed by atoms with van der Waals surface area (Å²) >= 11 is 8.32. The van der Waals surface area contributed by atoms with E-state index in [-0.39, 0.29) is 5.91 Å². The Morgan fingerprint density at radius 1 is 1.56 bits per heavy atom. The van der Waals surface area contributed by atoms with Gasteiger partial charge in [0.05, 0.1) is 8.66 Å². The molecule has 0 bridgehead atoms. The maximum atomic E-state index is 12.2. The minimum atomic E-state index is 0.158. The summed E-state index contributed by atoms with van der Waals surface area (Å²) in [5.41, 5.74) is 0. The molecule has 1 aromatic rings. The van der Waals surface area contributed by atoms with Crippen LogP contribution in [0.15, 0.2) is 14.3 Å². The standard InChI is InChI=1S/C11H13Br2NOS/c1-2-14(6-7-3-4-7)11(15)9-5-8(12)10(13)16-9/h5,7H,2-4,6H2,1H3. The lowest BCUT2D eigenvalue weighted by atomic mass is 10.3. The van der Waals surface area contributed by atoms with Crippen molar-refractivity contribution in [2.75, 3.05) is 13.1 Å². The predicted molar refractivity (Wildman–Crippen MR) is 74.0 cm³/mol. The molecule has 2 rings (SSSR count). The Morgan fingerprint density at radius 2 is 2.25 bits per heavy atom. The van der Waals surface area contributed by atoms with Gasteiger partial charge in [0, 0.05) is 17.6 Å². The zero-order chi connectivity index (χ0) is 11.7. The highest BCUT2D eigenvalue weighted by Gasteiger charge is 2.27. The molecule has 16 heavy (non-hydrogen) atoms. The van der Waals surface area contributed by atoms with Gasteiger partial charge in [-0.25, -0.2) is 0 Å². The third-order valence-electron chi connectivity index (χ3n) is 2.70. The first-order valence-electron chi connectivity index (χ1n) is 5.36. The number of hydrogen-bond acceptors (Lipinski definition) is 2. The van der Waals surface area contributed by atoms with Crippen LogP contribution in [0.1, 0.15) is 29.4 Å². The Labute approximate surface area is 116 Å². The molecule has 0 unspecified atom stereocenters. The van der Waals surface area contributed by atoms with Crippen LogP contribution >= 0.6 is 43.2 Å². The summed E-state index contributed by atoms with van der Waals surface area (Å²) in [5, 5.41) is 0. The van der Waals surface area contributed by atoms with Crippen molar-refractivity contribution in [1.29, 1.82) is 0 Å². The van der Waals surface area contributed by atoms with E-state index < -0.39 is 0 Å². The average molecular weight is 367 g/mol. The van der Waals surface area contributed by atoms with Gasteiger partial charge in [0.15, 0.2) is 0 Å². The second-order valence-corrected chi connectivity index (χ2v) is 7.24. The van der Waals surface area contributed by atoms with Crippen molar-refractivity contribution in [1.82, 2.24) is 4.90 Å². The van der Waals surface area contributed by atoms with Gasteiger partial charge in [0.1, 0.15) is 0 Å². The largest absolute Gasteiger partial charge is 0.338 e. The summed E-state index contributed by atoms with van der Waals surface area (Å²) in [4.78, 5) is 15.0. The van der Waals surface area contributed by atoms with Crippen molar-refractivity contribution in [2.24, 2.45) is 5.92 Å². The first-order chi connectivity index (χ1) is 7.61. The first-order valence-corrected chi connectivity index (χ1v) is 7.76. The Bertz CT molecular complexity index is 381. The van der Waals surface area contributed by atoms with Gasteiger partial charge in [0.2, 0.25) is 0 Å². The number of carbonyl (C=O) groups excluding carboxylic acids is 1. The van der Waals surface area contributed by atoms with E-state index in [1.54, 1.807) is 0 Å². The van der Waals surface area contributed by atoms with Crippen LogP contribution in [-0.4, -0.2) is 23.9 Å². The first kappa shape index (κ1) is 12.6. The van der Waals surface area contributed by atoms with Crippen LogP contribution in [0.4, 0.5) is 0 Å². The molecule has 1 amide bonds. The molecule has 0 spiro atoms. The molecule has 0 aliphatic heterocycles. The maximum absolute atomic E-state index is 12.2. The fourth-order valence-corrected chi connectivity index (χ4v) is 3.58. The van der Waals surface area contributed by atoms with Crippen LogP contribution in [-0.2, 0) is 0 Å². The van der Waals surface area contributed by atoms with E-state index in [0.29, 0.717) is 0 Å². The van der Waals surface area contributed by atoms with Gasteiger partial charge in [-0.05, 0) is 63.6 Å². The number of hydrogen-bond donors (Lipinski definition) is 0. The van der Waals surface area contributed by atoms with Crippen molar-refractivity contribution < 1.29 is 4.79 Å². The normalized spacial score (nSPS) is 15.2. The zero-order valence-corrected chi connectivity index (χ0v) is 13.0. The molecule has 0 N–H and O–H groups in total. The van der Waals surface area contributed by atoms with Gasteiger partial charge < -0.3 is 4.90 Å². The van der Waals surface area contributed by atoms with E-state index in [1.165, 1.54) is 24.2 Å². The summed E-state index contributed by atoms with van der Waals surface area (Å²) < 4.78 is 1.95. The zero-order valence-electron chi connectivity index (χ0n) is 9.00. The quantitative estimate of drug-likeness (QED) is 0.783. The third kappa shape index (κ3) is 2.87. The molecule has 88 valence electrons. The van der Waals surface area contributed by atoms with E-state index >= 15 is 0 Å². The highest BCUT2D eigenvalue weighted by Crippen LogP contribution is 2.34. The molecule has 1 aliphatic rings. The summed E-state index contributed by atoms with van der Waals surface area (Å²) in [6.45, 7) is 3.75. The van der Waals surface area contributed by atoms with Gasteiger partial charge in [-0.15, -0.1) is 11.3 Å². The molecular formula is C11H13Br2NOS. The molecule has 1 saturated carbocycles. The minimum absolute atomic E-state index is 0.158. The van der Waals surface area contributed by atoms with Crippen molar-refractivity contribution in [3.8, 4) is 0 Å². The van der Waals surface area contributed by atoms with Crippen LogP contribution in [0.2, 0.25) is 0 Å². The number of amides is 1. The van der Waals surface area contributed by atoms with Gasteiger partial charge in [0.25, 0.3) is 5.91 Å². The Balaban J connectivity index is 2.08. The van der Waals surface area contributed by atoms with Crippen LogP contribution in [0, 0.1) is 5.92 Å². The summed E-state index contributed by atoms with van der Waals surface area (Å²) in [5.74, 6) is 0.904. The highest BCUT2D eigenvalue weighted by atomic mass is 79.9. The van der Waals surface area contributed by atoms with E-state index in [0.717, 1.165) is 32.1 Å². The lowest BCUT2D eigenvalue weighted by Crippen LogP contribution is -2.32. The van der Waals surface area contributed by atoms with Crippen molar-refractivity contribution in [2.45, 2.75) is 19.8 Å². The number of thiophene rings is 1. The molecule has 1 aromatic heterocycles. The fourth-order valence-electron chi connectivity index (χ4n) is 1.58. The minimum Gasteiger partial charge on any atom is -0.338 e. The third-order valence-corrected chi connectivity index (χ3v) is 5.94. The molecule has 1 aliphatic carbocycles. The summed E-state index contributed by atoms with van der Waals surface area (Å²) in [6.07, 6.45) is 2.56. The topological polar surface area (TPSA) is 20.3 Å². The second kappa shape index (κ2) is 5.19. The van der Waals surface area contributed by atoms with Crippen molar-refractivity contribution in [3.05, 3.63) is 19.2 Å². The van der Waals surface area contributed by atoms with E-state index in [2.05, 4.69) is 31.9 Å². The molecule has 0 radical (unpaired) electrons. The SMILES string of the molecule is CCN(CC1CC1)C(=O)c1cc(Br)c(Br)s1. The van der Waals surface area contributed by atoms with Gasteiger partial charge in [-0.3, -0.25) is 4.79 Å². The molecule has 0 saturated heterocycles. The Kier molecular flexibility index (Phi) is 4.08. The smallest absolute Gasteiger partial charge is 0.263 e. The average Bonchev–Trinajstić information content (AvgIpc) is 3.01. The van der Waals surface area contributed by atoms with Crippen LogP contribution in [0.3, 0.4) is 0 Å². The number of rotatable bonds is 4. The molecular weight excluding hydrogens is 354 g/mol. The molecule has 5 heteroatoms. The van der Waals surface area contributed by atoms with Gasteiger partial charge in [-0.2, -0.15) is 0 Å². The highest BCUT2D eigenvalue weighted by molar-refractivity contribution is 9.13. The summed E-state index contributed by atoms with van der Waals surface area (Å²) in [7, 11) is 0. The molecule has 1 heterocycles. The van der Waals surface area contributed by atoms with Crippen LogP contribution in [0.25, 0.3) is 0 Å². The van der Waals surface area contributed by atoms with E-state index in [4.69, 9.17) is 0 Å². The van der Waals surface area contributed by atoms with Gasteiger partial charge in [-0.1, -0.05) is 0 Å². The Hall–Kier alpha value is 0.130. The van der Waals surface area contributed by atoms with Crippen LogP contribution < -0.4 is 0 Å². The van der Waals surface area contributed by atoms with E-state index in [1.807, 2.05) is 17.9 Å². The predicted octanol–water partition coefficient (Wildman–Crippen LogP) is 4.15. The molecule has 2 nitrogen and oxygen atoms in total. The molecule has 1 fully saturated rings. The van der Waals surface area contributed by atoms with Crippen molar-refractivity contribution >= 4 is 49.1 Å². The second-order valence-electron chi connectivity index (χ2n) is 4.02. The lowest BCUT2D eigenvalue weighted by molar-refractivity contribution is 0.0761.